The van der Waals surface area contributed by atoms with Crippen LogP contribution >= 0.6 is 0 Å². The first kappa shape index (κ1) is 45.3. The van der Waals surface area contributed by atoms with Gasteiger partial charge < -0.3 is 33.7 Å². The van der Waals surface area contributed by atoms with Crippen LogP contribution in [0.2, 0.25) is 0 Å². The Kier molecular flexibility index (Phi) is 13.2. The monoisotopic (exact) mass is 900 g/mol. The summed E-state index contributed by atoms with van der Waals surface area (Å²) in [4.78, 5) is 56.9. The van der Waals surface area contributed by atoms with Crippen LogP contribution in [0.15, 0.2) is 75.9 Å². The van der Waals surface area contributed by atoms with Crippen molar-refractivity contribution in [3.63, 3.8) is 0 Å². The SMILES string of the molecule is COC(=O)CCc1c(C)c2cc3nc(c(-c4ccc(OCCOc5ccc6c(C)cc(=O)oc6c5)cc4)c4[n-]c(cc5nc(cc1[n-]2)C(CCC(=O)O)=C5C)c(C)c4C)C(C)=C3C.[Fe+2]. The third-order valence-electron chi connectivity index (χ3n) is 12.2. The number of aryl methyl sites for hydroxylation is 5. The Morgan fingerprint density at radius 3 is 2.05 bits per heavy atom. The predicted molar refractivity (Wildman–Crippen MR) is 245 cm³/mol. The number of fused-ring (bicyclic) bond motifs is 9. The third kappa shape index (κ3) is 8.91. The summed E-state index contributed by atoms with van der Waals surface area (Å²) in [5, 5.41) is 10.5. The van der Waals surface area contributed by atoms with Gasteiger partial charge in [0.05, 0.1) is 29.9 Å². The second-order valence-electron chi connectivity index (χ2n) is 16.1. The number of hydrogen-bond acceptors (Lipinski definition) is 9. The Morgan fingerprint density at radius 1 is 0.688 bits per heavy atom. The Morgan fingerprint density at radius 2 is 1.34 bits per heavy atom. The van der Waals surface area contributed by atoms with E-state index < -0.39 is 11.6 Å². The molecule has 64 heavy (non-hydrogen) atoms. The second kappa shape index (κ2) is 18.6. The summed E-state index contributed by atoms with van der Waals surface area (Å²) in [5.41, 5.74) is 16.0. The Hall–Kier alpha value is -6.69. The minimum Gasteiger partial charge on any atom is -0.657 e. The molecule has 13 heteroatoms. The van der Waals surface area contributed by atoms with Gasteiger partial charge in [-0.2, -0.15) is 0 Å². The van der Waals surface area contributed by atoms with Gasteiger partial charge in [0.25, 0.3) is 0 Å². The van der Waals surface area contributed by atoms with E-state index in [1.54, 1.807) is 6.07 Å². The number of esters is 1. The van der Waals surface area contributed by atoms with Crippen molar-refractivity contribution in [2.45, 2.75) is 74.1 Å². The predicted octanol–water partition coefficient (Wildman–Crippen LogP) is 9.89. The van der Waals surface area contributed by atoms with E-state index in [2.05, 4.69) is 27.7 Å². The minimum absolute atomic E-state index is 0. The molecule has 0 fully saturated rings. The topological polar surface area (TPSA) is 166 Å². The van der Waals surface area contributed by atoms with Crippen molar-refractivity contribution in [1.82, 2.24) is 19.9 Å². The molecule has 0 amide bonds. The van der Waals surface area contributed by atoms with E-state index in [0.29, 0.717) is 40.4 Å². The molecular formula is C51H48FeN4O8. The summed E-state index contributed by atoms with van der Waals surface area (Å²) in [6.07, 6.45) is 0.804. The number of methoxy groups -OCH3 is 1. The zero-order chi connectivity index (χ0) is 44.7. The molecule has 0 saturated heterocycles. The molecule has 4 aromatic heterocycles. The van der Waals surface area contributed by atoms with E-state index in [0.717, 1.165) is 94.6 Å². The number of nitrogens with zero attached hydrogens (tertiary/aromatic N) is 4. The molecule has 2 aliphatic rings. The van der Waals surface area contributed by atoms with E-state index in [4.69, 9.17) is 38.6 Å². The van der Waals surface area contributed by atoms with Gasteiger partial charge in [-0.05, 0) is 125 Å². The molecule has 0 aliphatic carbocycles. The summed E-state index contributed by atoms with van der Waals surface area (Å²) in [6, 6.07) is 20.7. The summed E-state index contributed by atoms with van der Waals surface area (Å²) < 4.78 is 22.4. The Bertz CT molecular complexity index is 3150. The molecule has 12 nitrogen and oxygen atoms in total. The standard InChI is InChI=1S/C51H49N4O8.Fe/c1-26-21-48(59)63-45-22-35(13-14-36(26)45)62-20-19-61-34-11-9-33(10-12-34)49-50-29(4)27(2)39(54-50)23-41-31(6)37(15-17-46(56)57)43(52-41)25-44-38(16-18-47(58)60-8)32(7)42(53-44)24-40-28(3)30(5)51(49)55-40;/h9-14,21-25H,15-20H2,1-8H3,(H2-,52,53,54,55,56,57);/q-1;+2/p-1. The van der Waals surface area contributed by atoms with E-state index >= 15 is 0 Å². The largest absolute Gasteiger partial charge is 2.00 e. The Balaban J connectivity index is 0.00000612. The summed E-state index contributed by atoms with van der Waals surface area (Å²) in [5.74, 6) is 0.0127. The third-order valence-corrected chi connectivity index (χ3v) is 12.2. The molecule has 2 aromatic carbocycles. The quantitative estimate of drug-likeness (QED) is 0.0536. The van der Waals surface area contributed by atoms with Gasteiger partial charge in [0, 0.05) is 30.4 Å². The maximum atomic E-state index is 12.4. The molecular weight excluding hydrogens is 852 g/mol. The van der Waals surface area contributed by atoms with Crippen molar-refractivity contribution in [2.24, 2.45) is 0 Å². The van der Waals surface area contributed by atoms with Gasteiger partial charge in [0.2, 0.25) is 0 Å². The number of hydrogen-bond donors (Lipinski definition) is 1. The fourth-order valence-corrected chi connectivity index (χ4v) is 8.26. The van der Waals surface area contributed by atoms with Crippen molar-refractivity contribution in [3.8, 4) is 22.6 Å². The first-order valence-corrected chi connectivity index (χ1v) is 20.9. The van der Waals surface area contributed by atoms with Gasteiger partial charge in [-0.1, -0.05) is 52.6 Å². The van der Waals surface area contributed by atoms with Gasteiger partial charge in [0.15, 0.2) is 0 Å². The van der Waals surface area contributed by atoms with E-state index in [9.17, 15) is 19.5 Å². The molecule has 0 unspecified atom stereocenters. The first-order chi connectivity index (χ1) is 30.2. The molecule has 328 valence electrons. The van der Waals surface area contributed by atoms with Gasteiger partial charge >= 0.3 is 34.6 Å². The van der Waals surface area contributed by atoms with Crippen molar-refractivity contribution in [3.05, 3.63) is 128 Å². The smallest absolute Gasteiger partial charge is 0.657 e. The summed E-state index contributed by atoms with van der Waals surface area (Å²) in [6.45, 7) is 14.6. The van der Waals surface area contributed by atoms with E-state index in [1.165, 1.54) is 13.2 Å². The van der Waals surface area contributed by atoms with Crippen LogP contribution in [0.25, 0.3) is 66.5 Å². The number of carboxylic acid groups (broad SMARTS) is 1. The van der Waals surface area contributed by atoms with Gasteiger partial charge in [0.1, 0.15) is 30.3 Å². The van der Waals surface area contributed by atoms with Crippen molar-refractivity contribution >= 4 is 67.3 Å². The van der Waals surface area contributed by atoms with Crippen LogP contribution in [0.4, 0.5) is 0 Å². The molecule has 0 atom stereocenters. The van der Waals surface area contributed by atoms with Crippen LogP contribution in [0, 0.1) is 27.7 Å². The number of rotatable bonds is 12. The Labute approximate surface area is 380 Å². The molecule has 1 N–H and O–H groups in total. The zero-order valence-corrected chi connectivity index (χ0v) is 38.1. The summed E-state index contributed by atoms with van der Waals surface area (Å²) >= 11 is 0. The molecule has 0 saturated carbocycles. The van der Waals surface area contributed by atoms with Crippen molar-refractivity contribution in [2.75, 3.05) is 20.3 Å². The average Bonchev–Trinajstić information content (AvgIpc) is 3.91. The normalized spacial score (nSPS) is 12.4. The van der Waals surface area contributed by atoms with Gasteiger partial charge in [-0.25, -0.2) is 14.8 Å². The molecule has 6 aromatic rings. The van der Waals surface area contributed by atoms with E-state index in [-0.39, 0.29) is 55.5 Å². The number of benzene rings is 2. The fourth-order valence-electron chi connectivity index (χ4n) is 8.26. The van der Waals surface area contributed by atoms with Gasteiger partial charge in [-0.15, -0.1) is 22.1 Å². The van der Waals surface area contributed by atoms with Crippen LogP contribution in [-0.2, 0) is 37.8 Å². The van der Waals surface area contributed by atoms with Crippen molar-refractivity contribution in [1.29, 1.82) is 0 Å². The maximum Gasteiger partial charge on any atom is 2.00 e. The van der Waals surface area contributed by atoms with Crippen LogP contribution in [0.3, 0.4) is 0 Å². The summed E-state index contributed by atoms with van der Waals surface area (Å²) in [7, 11) is 1.38. The number of ether oxygens (including phenoxy) is 3. The molecule has 0 spiro atoms. The average molecular weight is 901 g/mol. The minimum atomic E-state index is -0.897. The molecule has 8 bridgehead atoms. The fraction of sp³-hybridized carbons (Fsp3) is 0.275. The van der Waals surface area contributed by atoms with Crippen LogP contribution in [0.5, 0.6) is 11.5 Å². The van der Waals surface area contributed by atoms with Crippen LogP contribution < -0.4 is 25.1 Å². The van der Waals surface area contributed by atoms with Crippen LogP contribution in [0.1, 0.15) is 90.6 Å². The van der Waals surface area contributed by atoms with Crippen molar-refractivity contribution < 1.29 is 50.4 Å². The number of aliphatic carboxylic acids is 1. The number of carbonyl (C=O) groups is 2. The molecule has 2 aliphatic heterocycles. The maximum absolute atomic E-state index is 12.4. The molecule has 6 heterocycles. The van der Waals surface area contributed by atoms with Crippen LogP contribution in [-0.4, -0.2) is 47.3 Å². The first-order valence-electron chi connectivity index (χ1n) is 20.9. The molecule has 0 radical (unpaired) electrons. The number of allylic oxidation sites excluding steroid dienone is 4. The molecule has 8 rings (SSSR count). The second-order valence-corrected chi connectivity index (χ2v) is 16.1. The number of aromatic nitrogens is 4. The number of carbonyl (C=O) groups excluding carboxylic acids is 1. The van der Waals surface area contributed by atoms with Gasteiger partial charge in [-0.3, -0.25) is 9.59 Å². The zero-order valence-electron chi connectivity index (χ0n) is 37.0. The number of carboxylic acids is 1. The van der Waals surface area contributed by atoms with E-state index in [1.807, 2.05) is 75.4 Å².